The zero-order valence-corrected chi connectivity index (χ0v) is 14.7. The number of carbonyl (C=O) groups is 2. The number of rotatable bonds is 6. The van der Waals surface area contributed by atoms with Gasteiger partial charge in [0.05, 0.1) is 26.6 Å². The maximum absolute atomic E-state index is 11.7. The molecule has 1 fully saturated rings. The molecule has 26 heavy (non-hydrogen) atoms. The minimum Gasteiger partial charge on any atom is -0.496 e. The highest BCUT2D eigenvalue weighted by molar-refractivity contribution is 6.18. The zero-order valence-electron chi connectivity index (χ0n) is 14.7. The number of nitrogens with zero attached hydrogens (tertiary/aromatic N) is 1. The van der Waals surface area contributed by atoms with Gasteiger partial charge in [-0.2, -0.15) is 0 Å². The maximum Gasteiger partial charge on any atom is 0.252 e. The number of hydrogen-bond acceptors (Lipinski definition) is 5. The van der Waals surface area contributed by atoms with Crippen LogP contribution in [0.2, 0.25) is 5.31 Å². The highest BCUT2D eigenvalue weighted by atomic mass is 16.5. The van der Waals surface area contributed by atoms with Gasteiger partial charge >= 0.3 is 0 Å². The first-order valence-corrected chi connectivity index (χ1v) is 8.35. The van der Waals surface area contributed by atoms with Crippen molar-refractivity contribution in [3.63, 3.8) is 0 Å². The second-order valence-electron chi connectivity index (χ2n) is 6.45. The zero-order chi connectivity index (χ0) is 18.9. The van der Waals surface area contributed by atoms with Crippen LogP contribution in [0.25, 0.3) is 10.8 Å². The highest BCUT2D eigenvalue weighted by Gasteiger charge is 2.41. The van der Waals surface area contributed by atoms with Gasteiger partial charge < -0.3 is 20.5 Å². The number of aromatic nitrogens is 1. The van der Waals surface area contributed by atoms with Crippen molar-refractivity contribution >= 4 is 30.4 Å². The summed E-state index contributed by atoms with van der Waals surface area (Å²) in [6.07, 6.45) is 2.51. The van der Waals surface area contributed by atoms with Crippen LogP contribution in [-0.4, -0.2) is 44.4 Å². The average molecular weight is 353 g/mol. The van der Waals surface area contributed by atoms with E-state index in [0.717, 1.165) is 5.39 Å². The van der Waals surface area contributed by atoms with Crippen LogP contribution in [0, 0.1) is 0 Å². The molecular formula is C18H20BN3O4. The van der Waals surface area contributed by atoms with Crippen LogP contribution >= 0.6 is 0 Å². The molecule has 3 N–H and O–H groups in total. The number of nitrogens with one attached hydrogen (secondary N) is 1. The summed E-state index contributed by atoms with van der Waals surface area (Å²) in [5.74, 6) is 0.0596. The van der Waals surface area contributed by atoms with E-state index >= 15 is 0 Å². The summed E-state index contributed by atoms with van der Waals surface area (Å²) in [4.78, 5) is 27.6. The summed E-state index contributed by atoms with van der Waals surface area (Å²) in [5.41, 5.74) is 5.68. The van der Waals surface area contributed by atoms with Gasteiger partial charge in [-0.1, -0.05) is 13.3 Å². The molecule has 2 atom stereocenters. The van der Waals surface area contributed by atoms with Crippen molar-refractivity contribution in [1.29, 1.82) is 0 Å². The molecule has 0 aliphatic carbocycles. The first-order valence-electron chi connectivity index (χ1n) is 8.35. The Kier molecular flexibility index (Phi) is 4.76. The topological polar surface area (TPSA) is 104 Å². The molecule has 8 heteroatoms. The van der Waals surface area contributed by atoms with Crippen LogP contribution in [0.1, 0.15) is 30.1 Å². The fourth-order valence-corrected chi connectivity index (χ4v) is 3.20. The third-order valence-electron chi connectivity index (χ3n) is 4.88. The molecule has 0 bridgehead atoms. The summed E-state index contributed by atoms with van der Waals surface area (Å²) >= 11 is 0. The Labute approximate surface area is 152 Å². The lowest BCUT2D eigenvalue weighted by Gasteiger charge is -2.29. The second kappa shape index (κ2) is 6.86. The molecule has 2 amide bonds. The fraction of sp³-hybridized carbons (Fsp3) is 0.389. The van der Waals surface area contributed by atoms with Crippen LogP contribution in [0.5, 0.6) is 11.6 Å². The predicted molar refractivity (Wildman–Crippen MR) is 97.6 cm³/mol. The minimum absolute atomic E-state index is 0.0819. The Morgan fingerprint density at radius 3 is 2.92 bits per heavy atom. The van der Waals surface area contributed by atoms with Gasteiger partial charge in [-0.05, 0) is 28.9 Å². The number of ether oxygens (including phenoxy) is 2. The summed E-state index contributed by atoms with van der Waals surface area (Å²) in [6.45, 7) is 2.14. The van der Waals surface area contributed by atoms with Gasteiger partial charge in [0.15, 0.2) is 0 Å². The molecule has 2 heterocycles. The Balaban J connectivity index is 1.91. The van der Waals surface area contributed by atoms with E-state index in [1.165, 1.54) is 7.11 Å². The second-order valence-corrected chi connectivity index (χ2v) is 6.45. The van der Waals surface area contributed by atoms with Crippen molar-refractivity contribution in [2.75, 3.05) is 13.7 Å². The number of nitrogens with two attached hydrogens (primary N) is 1. The van der Waals surface area contributed by atoms with Crippen LogP contribution in [0.3, 0.4) is 0 Å². The third kappa shape index (κ3) is 3.19. The molecule has 2 aromatic rings. The van der Waals surface area contributed by atoms with Gasteiger partial charge in [0, 0.05) is 18.0 Å². The lowest BCUT2D eigenvalue weighted by molar-refractivity contribution is -0.119. The number of methoxy groups -OCH3 is 1. The molecule has 134 valence electrons. The molecule has 1 aromatic heterocycles. The third-order valence-corrected chi connectivity index (χ3v) is 4.88. The number of benzene rings is 1. The van der Waals surface area contributed by atoms with Crippen LogP contribution in [0.15, 0.2) is 24.4 Å². The van der Waals surface area contributed by atoms with Gasteiger partial charge in [0.2, 0.25) is 11.8 Å². The number of carbonyl (C=O) groups excluding carboxylic acids is 2. The molecule has 3 rings (SSSR count). The Morgan fingerprint density at radius 2 is 2.27 bits per heavy atom. The van der Waals surface area contributed by atoms with Gasteiger partial charge in [0.1, 0.15) is 12.4 Å². The van der Waals surface area contributed by atoms with E-state index in [9.17, 15) is 9.59 Å². The lowest BCUT2D eigenvalue weighted by Crippen LogP contribution is -2.38. The first-order chi connectivity index (χ1) is 12.4. The van der Waals surface area contributed by atoms with E-state index in [2.05, 4.69) is 10.3 Å². The summed E-state index contributed by atoms with van der Waals surface area (Å²) < 4.78 is 11.1. The van der Waals surface area contributed by atoms with Crippen molar-refractivity contribution in [2.24, 2.45) is 5.73 Å². The highest BCUT2D eigenvalue weighted by Crippen LogP contribution is 2.40. The number of hydrogen-bond donors (Lipinski definition) is 2. The van der Waals surface area contributed by atoms with Crippen molar-refractivity contribution < 1.29 is 19.1 Å². The van der Waals surface area contributed by atoms with Gasteiger partial charge in [0.25, 0.3) is 5.91 Å². The van der Waals surface area contributed by atoms with E-state index in [-0.39, 0.29) is 30.5 Å². The van der Waals surface area contributed by atoms with E-state index in [0.29, 0.717) is 23.4 Å². The molecule has 1 aliphatic rings. The Bertz CT molecular complexity index is 873. The SMILES string of the molecule is [B][C@@]1(CC)CC(=O)N[C@@H]1COc1nccc2cc(C(N)=O)c(OC)cc12. The smallest absolute Gasteiger partial charge is 0.252 e. The van der Waals surface area contributed by atoms with Gasteiger partial charge in [-0.25, -0.2) is 4.98 Å². The monoisotopic (exact) mass is 353 g/mol. The number of pyridine rings is 1. The molecule has 7 nitrogen and oxygen atoms in total. The molecular weight excluding hydrogens is 333 g/mol. The lowest BCUT2D eigenvalue weighted by atomic mass is 9.62. The van der Waals surface area contributed by atoms with Crippen molar-refractivity contribution in [1.82, 2.24) is 10.3 Å². The van der Waals surface area contributed by atoms with Crippen LogP contribution < -0.4 is 20.5 Å². The molecule has 0 spiro atoms. The van der Waals surface area contributed by atoms with E-state index < -0.39 is 11.2 Å². The average Bonchev–Trinajstić information content (AvgIpc) is 2.92. The summed E-state index contributed by atoms with van der Waals surface area (Å²) in [6, 6.07) is 4.76. The maximum atomic E-state index is 11.7. The van der Waals surface area contributed by atoms with Crippen molar-refractivity contribution in [3.8, 4) is 11.6 Å². The van der Waals surface area contributed by atoms with Crippen LogP contribution in [-0.2, 0) is 4.79 Å². The van der Waals surface area contributed by atoms with Crippen LogP contribution in [0.4, 0.5) is 0 Å². The number of fused-ring (bicyclic) bond motifs is 1. The molecule has 0 saturated carbocycles. The van der Waals surface area contributed by atoms with E-state index in [1.54, 1.807) is 24.4 Å². The molecule has 2 radical (unpaired) electrons. The largest absolute Gasteiger partial charge is 0.496 e. The number of amides is 2. The predicted octanol–water partition coefficient (Wildman–Crippen LogP) is 1.35. The fourth-order valence-electron chi connectivity index (χ4n) is 3.20. The molecule has 1 saturated heterocycles. The Morgan fingerprint density at radius 1 is 1.50 bits per heavy atom. The van der Waals surface area contributed by atoms with Crippen molar-refractivity contribution in [2.45, 2.75) is 31.1 Å². The normalized spacial score (nSPS) is 22.2. The molecule has 1 aliphatic heterocycles. The standard InChI is InChI=1S/C18H20BN3O4/c1-3-18(19)8-15(23)22-14(18)9-26-17-11-7-13(25-2)12(16(20)24)6-10(11)4-5-21-17/h4-7,14H,3,8-9H2,1-2H3,(H2,20,24)(H,22,23)/t14-,18+/m1/s1. The quantitative estimate of drug-likeness (QED) is 0.763. The molecule has 1 aromatic carbocycles. The summed E-state index contributed by atoms with van der Waals surface area (Å²) in [7, 11) is 7.77. The first kappa shape index (κ1) is 18.0. The van der Waals surface area contributed by atoms with E-state index in [1.807, 2.05) is 6.92 Å². The molecule has 0 unspecified atom stereocenters. The van der Waals surface area contributed by atoms with E-state index in [4.69, 9.17) is 23.1 Å². The Hall–Kier alpha value is -2.77. The van der Waals surface area contributed by atoms with Crippen molar-refractivity contribution in [3.05, 3.63) is 30.0 Å². The van der Waals surface area contributed by atoms with Gasteiger partial charge in [-0.3, -0.25) is 9.59 Å². The number of primary amides is 1. The summed E-state index contributed by atoms with van der Waals surface area (Å²) in [5, 5.41) is 3.64. The minimum atomic E-state index is -0.640. The van der Waals surface area contributed by atoms with Gasteiger partial charge in [-0.15, -0.1) is 0 Å².